The maximum atomic E-state index is 10.5. The van der Waals surface area contributed by atoms with Crippen LogP contribution in [-0.2, 0) is 4.79 Å². The van der Waals surface area contributed by atoms with E-state index in [0.29, 0.717) is 5.92 Å². The quantitative estimate of drug-likeness (QED) is 0.512. The average molecular weight is 125 g/mol. The smallest absolute Gasteiger partial charge is 0.127 e. The lowest BCUT2D eigenvalue weighted by atomic mass is 10.0. The third kappa shape index (κ3) is 0.472. The predicted molar refractivity (Wildman–Crippen MR) is 33.8 cm³/mol. The molecule has 0 aliphatic heterocycles. The van der Waals surface area contributed by atoms with Gasteiger partial charge >= 0.3 is 0 Å². The molecule has 0 bridgehead atoms. The molecule has 0 saturated heterocycles. The first-order valence-electron chi connectivity index (χ1n) is 3.51. The molecule has 9 heavy (non-hydrogen) atoms. The molecule has 2 N–H and O–H groups in total. The molecule has 2 heteroatoms. The van der Waals surface area contributed by atoms with Crippen LogP contribution in [0.2, 0.25) is 0 Å². The first kappa shape index (κ1) is 5.42. The van der Waals surface area contributed by atoms with Gasteiger partial charge in [0, 0.05) is 11.5 Å². The topological polar surface area (TPSA) is 43.1 Å². The molecule has 0 radical (unpaired) electrons. The third-order valence-corrected chi connectivity index (χ3v) is 2.94. The van der Waals surface area contributed by atoms with Crippen molar-refractivity contribution in [3.05, 3.63) is 0 Å². The molecule has 2 rings (SSSR count). The maximum absolute atomic E-state index is 10.5. The van der Waals surface area contributed by atoms with Crippen LogP contribution >= 0.6 is 0 Å². The van der Waals surface area contributed by atoms with Crippen LogP contribution in [0.25, 0.3) is 0 Å². The molecule has 2 aliphatic carbocycles. The summed E-state index contributed by atoms with van der Waals surface area (Å²) in [6.07, 6.45) is 4.39. The summed E-state index contributed by atoms with van der Waals surface area (Å²) >= 11 is 0. The number of hydrogen-bond donors (Lipinski definition) is 1. The van der Waals surface area contributed by atoms with Gasteiger partial charge in [0.1, 0.15) is 6.29 Å². The molecule has 50 valence electrons. The monoisotopic (exact) mass is 125 g/mol. The fourth-order valence-corrected chi connectivity index (χ4v) is 2.07. The van der Waals surface area contributed by atoms with E-state index >= 15 is 0 Å². The molecule has 0 aromatic heterocycles. The minimum Gasteiger partial charge on any atom is -0.327 e. The predicted octanol–water partition coefficient (Wildman–Crippen LogP) is 0.313. The molecule has 0 spiro atoms. The van der Waals surface area contributed by atoms with Crippen LogP contribution in [0.5, 0.6) is 0 Å². The highest BCUT2D eigenvalue weighted by atomic mass is 16.1. The van der Waals surface area contributed by atoms with Gasteiger partial charge < -0.3 is 10.5 Å². The van der Waals surface area contributed by atoms with Crippen molar-refractivity contribution in [2.24, 2.45) is 17.1 Å². The van der Waals surface area contributed by atoms with Crippen LogP contribution in [0.4, 0.5) is 0 Å². The highest BCUT2D eigenvalue weighted by Gasteiger charge is 2.61. The Bertz CT molecular complexity index is 157. The van der Waals surface area contributed by atoms with Crippen LogP contribution in [0.3, 0.4) is 0 Å². The van der Waals surface area contributed by atoms with Gasteiger partial charge in [0.25, 0.3) is 0 Å². The summed E-state index contributed by atoms with van der Waals surface area (Å²) in [6, 6.07) is 0.181. The van der Waals surface area contributed by atoms with E-state index in [1.165, 1.54) is 6.42 Å². The molecule has 2 aliphatic rings. The van der Waals surface area contributed by atoms with Crippen molar-refractivity contribution < 1.29 is 4.79 Å². The summed E-state index contributed by atoms with van der Waals surface area (Å²) in [5.74, 6) is 0.657. The second kappa shape index (κ2) is 1.37. The molecule has 0 amide bonds. The fraction of sp³-hybridized carbons (Fsp3) is 0.857. The molecule has 3 atom stereocenters. The number of carbonyl (C=O) groups excluding carboxylic acids is 1. The Balaban J connectivity index is 2.23. The molecular weight excluding hydrogens is 114 g/mol. The van der Waals surface area contributed by atoms with Gasteiger partial charge in [-0.1, -0.05) is 0 Å². The van der Waals surface area contributed by atoms with Crippen LogP contribution in [-0.4, -0.2) is 12.3 Å². The lowest BCUT2D eigenvalue weighted by molar-refractivity contribution is -0.112. The highest BCUT2D eigenvalue weighted by Crippen LogP contribution is 2.61. The number of nitrogens with two attached hydrogens (primary N) is 1. The summed E-state index contributed by atoms with van der Waals surface area (Å²) in [5.41, 5.74) is 5.69. The lowest BCUT2D eigenvalue weighted by Crippen LogP contribution is -2.29. The molecule has 2 saturated carbocycles. The Morgan fingerprint density at radius 2 is 2.33 bits per heavy atom. The number of hydrogen-bond acceptors (Lipinski definition) is 2. The molecule has 3 unspecified atom stereocenters. The number of rotatable bonds is 1. The highest BCUT2D eigenvalue weighted by molar-refractivity contribution is 5.67. The summed E-state index contributed by atoms with van der Waals surface area (Å²) in [7, 11) is 0. The van der Waals surface area contributed by atoms with E-state index in [1.54, 1.807) is 0 Å². The van der Waals surface area contributed by atoms with Crippen LogP contribution < -0.4 is 5.73 Å². The van der Waals surface area contributed by atoms with Crippen molar-refractivity contribution in [3.63, 3.8) is 0 Å². The first-order valence-corrected chi connectivity index (χ1v) is 3.51. The zero-order valence-electron chi connectivity index (χ0n) is 5.34. The third-order valence-electron chi connectivity index (χ3n) is 2.94. The lowest BCUT2D eigenvalue weighted by Gasteiger charge is -2.09. The van der Waals surface area contributed by atoms with Gasteiger partial charge in [-0.15, -0.1) is 0 Å². The molecule has 0 heterocycles. The summed E-state index contributed by atoms with van der Waals surface area (Å²) in [4.78, 5) is 10.5. The molecule has 0 aromatic carbocycles. The van der Waals surface area contributed by atoms with Gasteiger partial charge in [0.15, 0.2) is 0 Å². The Kier molecular flexibility index (Phi) is 0.826. The van der Waals surface area contributed by atoms with Gasteiger partial charge in [0.2, 0.25) is 0 Å². The van der Waals surface area contributed by atoms with E-state index in [9.17, 15) is 4.79 Å². The van der Waals surface area contributed by atoms with Crippen molar-refractivity contribution in [1.82, 2.24) is 0 Å². The second-order valence-electron chi connectivity index (χ2n) is 3.32. The van der Waals surface area contributed by atoms with Crippen molar-refractivity contribution >= 4 is 6.29 Å². The van der Waals surface area contributed by atoms with Crippen LogP contribution in [0, 0.1) is 11.3 Å². The van der Waals surface area contributed by atoms with Crippen molar-refractivity contribution in [2.75, 3.05) is 0 Å². The van der Waals surface area contributed by atoms with E-state index < -0.39 is 0 Å². The van der Waals surface area contributed by atoms with Crippen LogP contribution in [0.1, 0.15) is 19.3 Å². The minimum absolute atomic E-state index is 0.0417. The number of aldehydes is 1. The van der Waals surface area contributed by atoms with Crippen LogP contribution in [0.15, 0.2) is 0 Å². The molecule has 0 aromatic rings. The SMILES string of the molecule is NC1CCC2CC12C=O. The zero-order valence-corrected chi connectivity index (χ0v) is 5.34. The Morgan fingerprint density at radius 1 is 1.56 bits per heavy atom. The van der Waals surface area contributed by atoms with Crippen molar-refractivity contribution in [3.8, 4) is 0 Å². The average Bonchev–Trinajstić information content (AvgIpc) is 2.52. The van der Waals surface area contributed by atoms with E-state index in [2.05, 4.69) is 0 Å². The van der Waals surface area contributed by atoms with E-state index in [4.69, 9.17) is 5.73 Å². The summed E-state index contributed by atoms with van der Waals surface area (Å²) in [5, 5.41) is 0. The standard InChI is InChI=1S/C7H11NO/c8-6-2-1-5-3-7(5,6)4-9/h4-6H,1-3,8H2. The second-order valence-corrected chi connectivity index (χ2v) is 3.32. The number of fused-ring (bicyclic) bond motifs is 1. The molecular formula is C7H11NO. The zero-order chi connectivity index (χ0) is 6.48. The summed E-state index contributed by atoms with van der Waals surface area (Å²) < 4.78 is 0. The minimum atomic E-state index is -0.0417. The number of carbonyl (C=O) groups is 1. The van der Waals surface area contributed by atoms with Crippen molar-refractivity contribution in [2.45, 2.75) is 25.3 Å². The Morgan fingerprint density at radius 3 is 2.56 bits per heavy atom. The first-order chi connectivity index (χ1) is 4.29. The molecule has 2 nitrogen and oxygen atoms in total. The maximum Gasteiger partial charge on any atom is 0.127 e. The Hall–Kier alpha value is -0.370. The van der Waals surface area contributed by atoms with Gasteiger partial charge in [-0.2, -0.15) is 0 Å². The molecule has 2 fully saturated rings. The summed E-state index contributed by atoms with van der Waals surface area (Å²) in [6.45, 7) is 0. The Labute approximate surface area is 54.4 Å². The fourth-order valence-electron chi connectivity index (χ4n) is 2.07. The van der Waals surface area contributed by atoms with Crippen molar-refractivity contribution in [1.29, 1.82) is 0 Å². The normalized spacial score (nSPS) is 54.8. The largest absolute Gasteiger partial charge is 0.327 e. The van der Waals surface area contributed by atoms with Gasteiger partial charge in [0.05, 0.1) is 0 Å². The van der Waals surface area contributed by atoms with E-state index in [1.807, 2.05) is 0 Å². The van der Waals surface area contributed by atoms with E-state index in [0.717, 1.165) is 19.1 Å². The van der Waals surface area contributed by atoms with E-state index in [-0.39, 0.29) is 11.5 Å². The van der Waals surface area contributed by atoms with Gasteiger partial charge in [-0.05, 0) is 25.2 Å². The van der Waals surface area contributed by atoms with Gasteiger partial charge in [-0.25, -0.2) is 0 Å². The van der Waals surface area contributed by atoms with Gasteiger partial charge in [-0.3, -0.25) is 0 Å².